The summed E-state index contributed by atoms with van der Waals surface area (Å²) in [4.78, 5) is 2.54. The highest BCUT2D eigenvalue weighted by Gasteiger charge is 2.36. The van der Waals surface area contributed by atoms with Crippen LogP contribution in [-0.4, -0.2) is 29.6 Å². The minimum absolute atomic E-state index is 0.00861. The molecule has 1 aliphatic heterocycles. The van der Waals surface area contributed by atoms with E-state index in [1.54, 1.807) is 6.07 Å². The molecule has 0 spiro atoms. The number of benzene rings is 1. The molecule has 0 aliphatic carbocycles. The molecule has 2 nitrogen and oxygen atoms in total. The number of nitrogens with two attached hydrogens (primary N) is 1. The Morgan fingerprint density at radius 2 is 1.95 bits per heavy atom. The van der Waals surface area contributed by atoms with Crippen LogP contribution in [0.2, 0.25) is 0 Å². The first kappa shape index (κ1) is 16.9. The Kier molecular flexibility index (Phi) is 5.81. The first-order chi connectivity index (χ1) is 9.95. The molecule has 21 heavy (non-hydrogen) atoms. The maximum absolute atomic E-state index is 13.5. The lowest BCUT2D eigenvalue weighted by atomic mass is 9.83. The zero-order valence-corrected chi connectivity index (χ0v) is 14.6. The molecule has 2 rings (SSSR count). The van der Waals surface area contributed by atoms with Crippen LogP contribution in [-0.2, 0) is 6.42 Å². The van der Waals surface area contributed by atoms with Gasteiger partial charge in [-0.1, -0.05) is 29.3 Å². The Hall–Kier alpha value is -0.450. The van der Waals surface area contributed by atoms with E-state index < -0.39 is 0 Å². The van der Waals surface area contributed by atoms with Crippen LogP contribution in [0.25, 0.3) is 0 Å². The summed E-state index contributed by atoms with van der Waals surface area (Å²) >= 11 is 3.36. The van der Waals surface area contributed by atoms with Gasteiger partial charge in [-0.2, -0.15) is 0 Å². The van der Waals surface area contributed by atoms with Crippen LogP contribution in [0.3, 0.4) is 0 Å². The standard InChI is InChI=1S/C17H26BrFN2/c1-3-17(2,21-7-5-4-6-8-21)16(20)11-13-9-14(18)12-15(19)10-13/h9-10,12,16H,3-8,11,20H2,1-2H3. The third kappa shape index (κ3) is 4.05. The molecule has 4 heteroatoms. The lowest BCUT2D eigenvalue weighted by Gasteiger charge is -2.47. The summed E-state index contributed by atoms with van der Waals surface area (Å²) in [7, 11) is 0. The van der Waals surface area contributed by atoms with Crippen molar-refractivity contribution in [2.75, 3.05) is 13.1 Å². The molecule has 0 saturated carbocycles. The van der Waals surface area contributed by atoms with Crippen molar-refractivity contribution < 1.29 is 4.39 Å². The summed E-state index contributed by atoms with van der Waals surface area (Å²) in [5.74, 6) is -0.206. The van der Waals surface area contributed by atoms with Crippen molar-refractivity contribution in [3.63, 3.8) is 0 Å². The Labute approximate surface area is 136 Å². The normalized spacial score (nSPS) is 21.0. The van der Waals surface area contributed by atoms with Crippen LogP contribution in [0, 0.1) is 5.82 Å². The van der Waals surface area contributed by atoms with Gasteiger partial charge in [0.25, 0.3) is 0 Å². The number of nitrogens with zero attached hydrogens (tertiary/aromatic N) is 1. The van der Waals surface area contributed by atoms with Gasteiger partial charge < -0.3 is 5.73 Å². The molecule has 1 aromatic rings. The molecule has 1 fully saturated rings. The van der Waals surface area contributed by atoms with E-state index in [0.29, 0.717) is 6.42 Å². The van der Waals surface area contributed by atoms with E-state index in [1.165, 1.54) is 25.3 Å². The van der Waals surface area contributed by atoms with E-state index in [0.717, 1.165) is 29.5 Å². The van der Waals surface area contributed by atoms with E-state index in [2.05, 4.69) is 34.7 Å². The van der Waals surface area contributed by atoms with Crippen LogP contribution in [0.15, 0.2) is 22.7 Å². The van der Waals surface area contributed by atoms with E-state index in [-0.39, 0.29) is 17.4 Å². The van der Waals surface area contributed by atoms with Crippen molar-refractivity contribution in [1.82, 2.24) is 4.90 Å². The molecule has 1 saturated heterocycles. The van der Waals surface area contributed by atoms with Gasteiger partial charge in [0.05, 0.1) is 0 Å². The summed E-state index contributed by atoms with van der Waals surface area (Å²) in [6.45, 7) is 6.73. The Bertz CT molecular complexity index is 454. The maximum atomic E-state index is 13.5. The molecule has 2 unspecified atom stereocenters. The minimum atomic E-state index is -0.206. The SMILES string of the molecule is CCC(C)(C(N)Cc1cc(F)cc(Br)c1)N1CCCCC1. The molecular formula is C17H26BrFN2. The van der Waals surface area contributed by atoms with Gasteiger partial charge in [-0.25, -0.2) is 4.39 Å². The number of halogens is 2. The van der Waals surface area contributed by atoms with Gasteiger partial charge in [-0.05, 0) is 69.5 Å². The van der Waals surface area contributed by atoms with Gasteiger partial charge in [0, 0.05) is 16.1 Å². The van der Waals surface area contributed by atoms with Crippen molar-refractivity contribution in [2.24, 2.45) is 5.73 Å². The fourth-order valence-corrected chi connectivity index (χ4v) is 3.84. The van der Waals surface area contributed by atoms with Crippen molar-refractivity contribution in [1.29, 1.82) is 0 Å². The van der Waals surface area contributed by atoms with Crippen molar-refractivity contribution in [3.05, 3.63) is 34.1 Å². The summed E-state index contributed by atoms with van der Waals surface area (Å²) in [6, 6.07) is 5.06. The molecule has 1 aromatic carbocycles. The topological polar surface area (TPSA) is 29.3 Å². The predicted molar refractivity (Wildman–Crippen MR) is 89.9 cm³/mol. The summed E-state index contributed by atoms with van der Waals surface area (Å²) in [5.41, 5.74) is 7.50. The van der Waals surface area contributed by atoms with E-state index in [4.69, 9.17) is 5.73 Å². The van der Waals surface area contributed by atoms with Crippen molar-refractivity contribution in [2.45, 2.75) is 57.5 Å². The van der Waals surface area contributed by atoms with Crippen LogP contribution < -0.4 is 5.73 Å². The highest BCUT2D eigenvalue weighted by Crippen LogP contribution is 2.28. The van der Waals surface area contributed by atoms with Gasteiger partial charge in [0.1, 0.15) is 5.82 Å². The predicted octanol–water partition coefficient (Wildman–Crippen LogP) is 4.11. The quantitative estimate of drug-likeness (QED) is 0.859. The second kappa shape index (κ2) is 7.21. The lowest BCUT2D eigenvalue weighted by Crippen LogP contribution is -2.59. The largest absolute Gasteiger partial charge is 0.326 e. The minimum Gasteiger partial charge on any atom is -0.326 e. The fourth-order valence-electron chi connectivity index (χ4n) is 3.33. The summed E-state index contributed by atoms with van der Waals surface area (Å²) < 4.78 is 14.3. The molecular weight excluding hydrogens is 331 g/mol. The first-order valence-electron chi connectivity index (χ1n) is 7.91. The van der Waals surface area contributed by atoms with E-state index >= 15 is 0 Å². The van der Waals surface area contributed by atoms with E-state index in [1.807, 2.05) is 6.07 Å². The highest BCUT2D eigenvalue weighted by molar-refractivity contribution is 9.10. The molecule has 2 atom stereocenters. The Morgan fingerprint density at radius 1 is 1.29 bits per heavy atom. The molecule has 0 bridgehead atoms. The zero-order chi connectivity index (χ0) is 15.5. The zero-order valence-electron chi connectivity index (χ0n) is 13.0. The highest BCUT2D eigenvalue weighted by atomic mass is 79.9. The molecule has 0 amide bonds. The number of rotatable bonds is 5. The van der Waals surface area contributed by atoms with E-state index in [9.17, 15) is 4.39 Å². The summed E-state index contributed by atoms with van der Waals surface area (Å²) in [6.07, 6.45) is 5.56. The second-order valence-electron chi connectivity index (χ2n) is 6.35. The Balaban J connectivity index is 2.13. The lowest BCUT2D eigenvalue weighted by molar-refractivity contribution is 0.0546. The van der Waals surface area contributed by atoms with Crippen LogP contribution in [0.5, 0.6) is 0 Å². The molecule has 0 aromatic heterocycles. The van der Waals surface area contributed by atoms with Crippen molar-refractivity contribution >= 4 is 15.9 Å². The van der Waals surface area contributed by atoms with Crippen LogP contribution in [0.4, 0.5) is 4.39 Å². The van der Waals surface area contributed by atoms with Gasteiger partial charge in [0.2, 0.25) is 0 Å². The molecule has 2 N–H and O–H groups in total. The third-order valence-electron chi connectivity index (χ3n) is 4.97. The average molecular weight is 357 g/mol. The van der Waals surface area contributed by atoms with Crippen LogP contribution in [0.1, 0.15) is 45.1 Å². The average Bonchev–Trinajstić information content (AvgIpc) is 2.46. The Morgan fingerprint density at radius 3 is 2.52 bits per heavy atom. The molecule has 118 valence electrons. The molecule has 1 aliphatic rings. The van der Waals surface area contributed by atoms with Gasteiger partial charge in [0.15, 0.2) is 0 Å². The van der Waals surface area contributed by atoms with Gasteiger partial charge in [-0.3, -0.25) is 4.90 Å². The summed E-state index contributed by atoms with van der Waals surface area (Å²) in [5, 5.41) is 0. The molecule has 1 heterocycles. The van der Waals surface area contributed by atoms with Gasteiger partial charge in [-0.15, -0.1) is 0 Å². The second-order valence-corrected chi connectivity index (χ2v) is 7.26. The van der Waals surface area contributed by atoms with Gasteiger partial charge >= 0.3 is 0 Å². The van der Waals surface area contributed by atoms with Crippen LogP contribution >= 0.6 is 15.9 Å². The number of hydrogen-bond acceptors (Lipinski definition) is 2. The number of likely N-dealkylation sites (tertiary alicyclic amines) is 1. The number of piperidine rings is 1. The number of hydrogen-bond donors (Lipinski definition) is 1. The van der Waals surface area contributed by atoms with Crippen molar-refractivity contribution in [3.8, 4) is 0 Å². The smallest absolute Gasteiger partial charge is 0.124 e. The maximum Gasteiger partial charge on any atom is 0.124 e. The molecule has 0 radical (unpaired) electrons. The monoisotopic (exact) mass is 356 g/mol. The fraction of sp³-hybridized carbons (Fsp3) is 0.647. The first-order valence-corrected chi connectivity index (χ1v) is 8.70. The third-order valence-corrected chi connectivity index (χ3v) is 5.43.